The first-order valence-electron chi connectivity index (χ1n) is 9.83. The van der Waals surface area contributed by atoms with Gasteiger partial charge < -0.3 is 20.7 Å². The van der Waals surface area contributed by atoms with Crippen molar-refractivity contribution in [2.75, 3.05) is 23.8 Å². The molecule has 2 amide bonds. The minimum absolute atomic E-state index is 0.0379. The fourth-order valence-electron chi connectivity index (χ4n) is 2.89. The Kier molecular flexibility index (Phi) is 7.44. The van der Waals surface area contributed by atoms with Gasteiger partial charge in [-0.15, -0.1) is 0 Å². The Hall–Kier alpha value is -3.80. The Balaban J connectivity index is 1.55. The van der Waals surface area contributed by atoms with E-state index < -0.39 is 0 Å². The van der Waals surface area contributed by atoms with Gasteiger partial charge >= 0.3 is 0 Å². The van der Waals surface area contributed by atoms with Gasteiger partial charge in [0.2, 0.25) is 5.91 Å². The number of nitrogens with one attached hydrogen (secondary N) is 3. The van der Waals surface area contributed by atoms with E-state index in [0.29, 0.717) is 30.1 Å². The van der Waals surface area contributed by atoms with Gasteiger partial charge in [0.25, 0.3) is 5.91 Å². The summed E-state index contributed by atoms with van der Waals surface area (Å²) in [5.41, 5.74) is 2.79. The van der Waals surface area contributed by atoms with Gasteiger partial charge in [-0.05, 0) is 48.9 Å². The third-order valence-electron chi connectivity index (χ3n) is 4.36. The monoisotopic (exact) mass is 403 g/mol. The van der Waals surface area contributed by atoms with E-state index in [2.05, 4.69) is 16.0 Å². The molecular formula is C24H25N3O3. The quantitative estimate of drug-likeness (QED) is 0.503. The van der Waals surface area contributed by atoms with Crippen molar-refractivity contribution in [3.8, 4) is 5.75 Å². The smallest absolute Gasteiger partial charge is 0.253 e. The van der Waals surface area contributed by atoms with Crippen molar-refractivity contribution < 1.29 is 14.3 Å². The molecule has 3 rings (SSSR count). The SMILES string of the molecule is CCOc1ccc(NC(=O)CNc2ccccc2C(=O)NCc2ccccc2)cc1. The van der Waals surface area contributed by atoms with Crippen LogP contribution in [0.2, 0.25) is 0 Å². The normalized spacial score (nSPS) is 10.2. The molecule has 0 saturated carbocycles. The van der Waals surface area contributed by atoms with Crippen LogP contribution in [0.15, 0.2) is 78.9 Å². The highest BCUT2D eigenvalue weighted by molar-refractivity contribution is 6.00. The maximum atomic E-state index is 12.6. The van der Waals surface area contributed by atoms with E-state index in [9.17, 15) is 9.59 Å². The van der Waals surface area contributed by atoms with Crippen LogP contribution >= 0.6 is 0 Å². The molecule has 6 heteroatoms. The Morgan fingerprint density at radius 2 is 1.57 bits per heavy atom. The van der Waals surface area contributed by atoms with Crippen LogP contribution in [0.5, 0.6) is 5.75 Å². The van der Waals surface area contributed by atoms with Gasteiger partial charge in [-0.3, -0.25) is 9.59 Å². The first-order chi connectivity index (χ1) is 14.7. The zero-order valence-electron chi connectivity index (χ0n) is 16.9. The molecule has 0 heterocycles. The van der Waals surface area contributed by atoms with Crippen LogP contribution in [0.1, 0.15) is 22.8 Å². The van der Waals surface area contributed by atoms with Crippen molar-refractivity contribution in [1.82, 2.24) is 5.32 Å². The lowest BCUT2D eigenvalue weighted by Crippen LogP contribution is -2.26. The maximum Gasteiger partial charge on any atom is 0.253 e. The second-order valence-corrected chi connectivity index (χ2v) is 6.57. The molecule has 3 aromatic rings. The number of amides is 2. The fraction of sp³-hybridized carbons (Fsp3) is 0.167. The summed E-state index contributed by atoms with van der Waals surface area (Å²) in [5, 5.41) is 8.77. The Bertz CT molecular complexity index is 973. The molecule has 0 bridgehead atoms. The Morgan fingerprint density at radius 3 is 2.30 bits per heavy atom. The van der Waals surface area contributed by atoms with Crippen molar-refractivity contribution in [3.05, 3.63) is 90.0 Å². The summed E-state index contributed by atoms with van der Waals surface area (Å²) in [6, 6.07) is 24.0. The summed E-state index contributed by atoms with van der Waals surface area (Å²) in [5.74, 6) is 0.344. The first kappa shape index (κ1) is 20.9. The lowest BCUT2D eigenvalue weighted by molar-refractivity contribution is -0.114. The zero-order valence-corrected chi connectivity index (χ0v) is 16.9. The summed E-state index contributed by atoms with van der Waals surface area (Å²) in [4.78, 5) is 24.9. The number of hydrogen-bond acceptors (Lipinski definition) is 4. The predicted octanol–water partition coefficient (Wildman–Crippen LogP) is 4.07. The van der Waals surface area contributed by atoms with Crippen LogP contribution in [0.3, 0.4) is 0 Å². The number of carbonyl (C=O) groups is 2. The molecule has 0 unspecified atom stereocenters. The van der Waals surface area contributed by atoms with Gasteiger partial charge in [0.05, 0.1) is 18.7 Å². The minimum Gasteiger partial charge on any atom is -0.494 e. The van der Waals surface area contributed by atoms with Crippen molar-refractivity contribution in [2.45, 2.75) is 13.5 Å². The van der Waals surface area contributed by atoms with E-state index in [1.54, 1.807) is 42.5 Å². The van der Waals surface area contributed by atoms with E-state index in [1.165, 1.54) is 0 Å². The van der Waals surface area contributed by atoms with Gasteiger partial charge in [-0.1, -0.05) is 42.5 Å². The highest BCUT2D eigenvalue weighted by Gasteiger charge is 2.12. The fourth-order valence-corrected chi connectivity index (χ4v) is 2.89. The molecule has 0 aliphatic rings. The number of para-hydroxylation sites is 1. The van der Waals surface area contributed by atoms with E-state index >= 15 is 0 Å². The number of carbonyl (C=O) groups excluding carboxylic acids is 2. The standard InChI is InChI=1S/C24H25N3O3/c1-2-30-20-14-12-19(13-15-20)27-23(28)17-25-22-11-7-6-10-21(22)24(29)26-16-18-8-4-3-5-9-18/h3-15,25H,2,16-17H2,1H3,(H,26,29)(H,27,28). The van der Waals surface area contributed by atoms with Crippen molar-refractivity contribution >= 4 is 23.2 Å². The lowest BCUT2D eigenvalue weighted by Gasteiger charge is -2.13. The molecule has 154 valence electrons. The van der Waals surface area contributed by atoms with Crippen molar-refractivity contribution in [3.63, 3.8) is 0 Å². The van der Waals surface area contributed by atoms with E-state index in [4.69, 9.17) is 4.74 Å². The number of hydrogen-bond donors (Lipinski definition) is 3. The van der Waals surface area contributed by atoms with Gasteiger partial charge in [-0.25, -0.2) is 0 Å². The molecule has 0 spiro atoms. The molecule has 0 aromatic heterocycles. The van der Waals surface area contributed by atoms with Crippen molar-refractivity contribution in [2.24, 2.45) is 0 Å². The topological polar surface area (TPSA) is 79.5 Å². The lowest BCUT2D eigenvalue weighted by atomic mass is 10.1. The summed E-state index contributed by atoms with van der Waals surface area (Å²) in [6.45, 7) is 2.98. The summed E-state index contributed by atoms with van der Waals surface area (Å²) >= 11 is 0. The number of rotatable bonds is 9. The van der Waals surface area contributed by atoms with Gasteiger partial charge in [0, 0.05) is 17.9 Å². The van der Waals surface area contributed by atoms with E-state index in [1.807, 2.05) is 43.3 Å². The Morgan fingerprint density at radius 1 is 0.867 bits per heavy atom. The average Bonchev–Trinajstić information content (AvgIpc) is 2.78. The third kappa shape index (κ3) is 6.10. The van der Waals surface area contributed by atoms with Crippen LogP contribution in [0, 0.1) is 0 Å². The maximum absolute atomic E-state index is 12.6. The van der Waals surface area contributed by atoms with Crippen LogP contribution in [-0.2, 0) is 11.3 Å². The predicted molar refractivity (Wildman–Crippen MR) is 119 cm³/mol. The molecular weight excluding hydrogens is 378 g/mol. The molecule has 0 aliphatic carbocycles. The molecule has 30 heavy (non-hydrogen) atoms. The summed E-state index contributed by atoms with van der Waals surface area (Å²) in [6.07, 6.45) is 0. The molecule has 0 atom stereocenters. The second-order valence-electron chi connectivity index (χ2n) is 6.57. The molecule has 0 fully saturated rings. The average molecular weight is 403 g/mol. The van der Waals surface area contributed by atoms with Crippen LogP contribution in [-0.4, -0.2) is 25.0 Å². The van der Waals surface area contributed by atoms with Crippen LogP contribution < -0.4 is 20.7 Å². The highest BCUT2D eigenvalue weighted by Crippen LogP contribution is 2.17. The molecule has 0 radical (unpaired) electrons. The molecule has 3 N–H and O–H groups in total. The number of anilines is 2. The van der Waals surface area contributed by atoms with E-state index in [-0.39, 0.29) is 18.4 Å². The molecule has 6 nitrogen and oxygen atoms in total. The first-order valence-corrected chi connectivity index (χ1v) is 9.83. The van der Waals surface area contributed by atoms with Gasteiger partial charge in [0.15, 0.2) is 0 Å². The molecule has 0 saturated heterocycles. The van der Waals surface area contributed by atoms with Crippen molar-refractivity contribution in [1.29, 1.82) is 0 Å². The third-order valence-corrected chi connectivity index (χ3v) is 4.36. The largest absolute Gasteiger partial charge is 0.494 e. The Labute approximate surface area is 176 Å². The number of ether oxygens (including phenoxy) is 1. The summed E-state index contributed by atoms with van der Waals surface area (Å²) in [7, 11) is 0. The molecule has 0 aliphatic heterocycles. The number of benzene rings is 3. The van der Waals surface area contributed by atoms with E-state index in [0.717, 1.165) is 11.3 Å². The highest BCUT2D eigenvalue weighted by atomic mass is 16.5. The van der Waals surface area contributed by atoms with Crippen LogP contribution in [0.25, 0.3) is 0 Å². The van der Waals surface area contributed by atoms with Gasteiger partial charge in [-0.2, -0.15) is 0 Å². The minimum atomic E-state index is -0.210. The zero-order chi connectivity index (χ0) is 21.2. The van der Waals surface area contributed by atoms with Crippen LogP contribution in [0.4, 0.5) is 11.4 Å². The second kappa shape index (κ2) is 10.7. The summed E-state index contributed by atoms with van der Waals surface area (Å²) < 4.78 is 5.39. The molecule has 3 aromatic carbocycles. The van der Waals surface area contributed by atoms with Gasteiger partial charge in [0.1, 0.15) is 5.75 Å².